The maximum atomic E-state index is 13.6. The van der Waals surface area contributed by atoms with Crippen LogP contribution in [0.1, 0.15) is 17.0 Å². The van der Waals surface area contributed by atoms with E-state index >= 15 is 0 Å². The van der Waals surface area contributed by atoms with Crippen molar-refractivity contribution in [2.45, 2.75) is 13.5 Å². The highest BCUT2D eigenvalue weighted by molar-refractivity contribution is 5.55. The lowest BCUT2D eigenvalue weighted by Gasteiger charge is -2.10. The minimum atomic E-state index is -0.378. The van der Waals surface area contributed by atoms with Crippen molar-refractivity contribution in [2.75, 3.05) is 5.32 Å². The van der Waals surface area contributed by atoms with E-state index in [9.17, 15) is 4.39 Å². The van der Waals surface area contributed by atoms with Crippen LogP contribution < -0.4 is 5.32 Å². The van der Waals surface area contributed by atoms with Gasteiger partial charge < -0.3 is 9.88 Å². The normalized spacial score (nSPS) is 10.1. The third-order valence-corrected chi connectivity index (χ3v) is 2.83. The van der Waals surface area contributed by atoms with E-state index in [4.69, 9.17) is 5.26 Å². The number of rotatable bonds is 3. The average Bonchev–Trinajstić information content (AvgIpc) is 2.76. The molecule has 18 heavy (non-hydrogen) atoms. The Hall–Kier alpha value is -2.35. The molecule has 5 heteroatoms. The van der Waals surface area contributed by atoms with Crippen molar-refractivity contribution in [3.8, 4) is 6.07 Å². The molecule has 1 heterocycles. The Morgan fingerprint density at radius 3 is 2.89 bits per heavy atom. The predicted molar refractivity (Wildman–Crippen MR) is 66.4 cm³/mol. The number of halogens is 1. The van der Waals surface area contributed by atoms with E-state index in [2.05, 4.69) is 10.3 Å². The number of nitriles is 1. The molecule has 2 rings (SSSR count). The second kappa shape index (κ2) is 4.88. The van der Waals surface area contributed by atoms with Gasteiger partial charge in [0.05, 0.1) is 18.2 Å². The van der Waals surface area contributed by atoms with Crippen LogP contribution in [-0.2, 0) is 13.6 Å². The van der Waals surface area contributed by atoms with Gasteiger partial charge in [-0.2, -0.15) is 5.26 Å². The number of nitrogens with one attached hydrogen (secondary N) is 1. The third-order valence-electron chi connectivity index (χ3n) is 2.83. The molecule has 0 aliphatic carbocycles. The molecule has 0 saturated carbocycles. The molecule has 0 atom stereocenters. The molecule has 0 unspecified atom stereocenters. The van der Waals surface area contributed by atoms with E-state index in [1.165, 1.54) is 6.07 Å². The van der Waals surface area contributed by atoms with Crippen molar-refractivity contribution in [1.29, 1.82) is 5.26 Å². The molecule has 0 aliphatic rings. The average molecular weight is 244 g/mol. The van der Waals surface area contributed by atoms with Gasteiger partial charge >= 0.3 is 0 Å². The number of nitrogens with zero attached hydrogens (tertiary/aromatic N) is 3. The SMILES string of the molecule is Cc1c(F)cc(C#N)cc1NCc1nccn1C. The molecule has 92 valence electrons. The van der Waals surface area contributed by atoms with E-state index in [1.807, 2.05) is 23.9 Å². The number of hydrogen-bond acceptors (Lipinski definition) is 3. The Bertz CT molecular complexity index is 610. The van der Waals surface area contributed by atoms with Gasteiger partial charge in [-0.05, 0) is 19.1 Å². The molecular weight excluding hydrogens is 231 g/mol. The van der Waals surface area contributed by atoms with Crippen molar-refractivity contribution < 1.29 is 4.39 Å². The van der Waals surface area contributed by atoms with Crippen LogP contribution in [0, 0.1) is 24.1 Å². The molecule has 0 spiro atoms. The van der Waals surface area contributed by atoms with E-state index in [1.54, 1.807) is 19.2 Å². The van der Waals surface area contributed by atoms with Gasteiger partial charge in [-0.3, -0.25) is 0 Å². The lowest BCUT2D eigenvalue weighted by Crippen LogP contribution is -2.07. The Morgan fingerprint density at radius 2 is 2.28 bits per heavy atom. The number of aromatic nitrogens is 2. The maximum absolute atomic E-state index is 13.6. The highest BCUT2D eigenvalue weighted by Gasteiger charge is 2.07. The number of hydrogen-bond donors (Lipinski definition) is 1. The lowest BCUT2D eigenvalue weighted by molar-refractivity contribution is 0.618. The largest absolute Gasteiger partial charge is 0.377 e. The second-order valence-corrected chi connectivity index (χ2v) is 4.05. The monoisotopic (exact) mass is 244 g/mol. The van der Waals surface area contributed by atoms with Crippen LogP contribution >= 0.6 is 0 Å². The maximum Gasteiger partial charge on any atom is 0.129 e. The van der Waals surface area contributed by atoms with Crippen molar-refractivity contribution in [3.05, 3.63) is 47.3 Å². The summed E-state index contributed by atoms with van der Waals surface area (Å²) in [6, 6.07) is 4.82. The summed E-state index contributed by atoms with van der Waals surface area (Å²) in [7, 11) is 1.89. The van der Waals surface area contributed by atoms with E-state index in [-0.39, 0.29) is 5.82 Å². The van der Waals surface area contributed by atoms with Crippen LogP contribution in [-0.4, -0.2) is 9.55 Å². The minimum absolute atomic E-state index is 0.306. The Labute approximate surface area is 105 Å². The first-order chi connectivity index (χ1) is 8.61. The van der Waals surface area contributed by atoms with Crippen LogP contribution in [0.4, 0.5) is 10.1 Å². The molecule has 0 aliphatic heterocycles. The fourth-order valence-corrected chi connectivity index (χ4v) is 1.67. The van der Waals surface area contributed by atoms with E-state index in [0.29, 0.717) is 23.4 Å². The molecule has 0 radical (unpaired) electrons. The van der Waals surface area contributed by atoms with Crippen LogP contribution in [0.25, 0.3) is 0 Å². The topological polar surface area (TPSA) is 53.6 Å². The van der Waals surface area contributed by atoms with Crippen LogP contribution in [0.2, 0.25) is 0 Å². The number of benzene rings is 1. The van der Waals surface area contributed by atoms with E-state index < -0.39 is 0 Å². The molecule has 1 N–H and O–H groups in total. The van der Waals surface area contributed by atoms with Gasteiger partial charge in [0.2, 0.25) is 0 Å². The summed E-state index contributed by atoms with van der Waals surface area (Å²) >= 11 is 0. The molecule has 2 aromatic rings. The van der Waals surface area contributed by atoms with Gasteiger partial charge in [0.15, 0.2) is 0 Å². The second-order valence-electron chi connectivity index (χ2n) is 4.05. The quantitative estimate of drug-likeness (QED) is 0.901. The van der Waals surface area contributed by atoms with Gasteiger partial charge in [-0.25, -0.2) is 9.37 Å². The van der Waals surface area contributed by atoms with Gasteiger partial charge in [0.25, 0.3) is 0 Å². The zero-order valence-corrected chi connectivity index (χ0v) is 10.2. The molecule has 0 amide bonds. The Balaban J connectivity index is 2.22. The number of aryl methyl sites for hydroxylation is 1. The fraction of sp³-hybridized carbons (Fsp3) is 0.231. The van der Waals surface area contributed by atoms with Gasteiger partial charge in [0, 0.05) is 30.7 Å². The fourth-order valence-electron chi connectivity index (χ4n) is 1.67. The van der Waals surface area contributed by atoms with Gasteiger partial charge in [-0.1, -0.05) is 0 Å². The first-order valence-corrected chi connectivity index (χ1v) is 5.52. The smallest absolute Gasteiger partial charge is 0.129 e. The van der Waals surface area contributed by atoms with Crippen molar-refractivity contribution in [3.63, 3.8) is 0 Å². The van der Waals surface area contributed by atoms with Crippen LogP contribution in [0.15, 0.2) is 24.5 Å². The van der Waals surface area contributed by atoms with Gasteiger partial charge in [0.1, 0.15) is 11.6 Å². The standard InChI is InChI=1S/C13H13FN4/c1-9-11(14)5-10(7-15)6-12(9)17-8-13-16-3-4-18(13)2/h3-6,17H,8H2,1-2H3. The lowest BCUT2D eigenvalue weighted by atomic mass is 10.1. The first kappa shape index (κ1) is 12.1. The van der Waals surface area contributed by atoms with Gasteiger partial charge in [-0.15, -0.1) is 0 Å². The van der Waals surface area contributed by atoms with Crippen molar-refractivity contribution in [2.24, 2.45) is 7.05 Å². The minimum Gasteiger partial charge on any atom is -0.377 e. The summed E-state index contributed by atoms with van der Waals surface area (Å²) in [5, 5.41) is 11.9. The Morgan fingerprint density at radius 1 is 1.50 bits per heavy atom. The molecular formula is C13H13FN4. The summed E-state index contributed by atoms with van der Waals surface area (Å²) in [4.78, 5) is 4.17. The number of anilines is 1. The zero-order chi connectivity index (χ0) is 13.1. The highest BCUT2D eigenvalue weighted by atomic mass is 19.1. The molecule has 1 aromatic heterocycles. The third kappa shape index (κ3) is 2.33. The van der Waals surface area contributed by atoms with Crippen LogP contribution in [0.3, 0.4) is 0 Å². The molecule has 1 aromatic carbocycles. The van der Waals surface area contributed by atoms with Crippen molar-refractivity contribution >= 4 is 5.69 Å². The zero-order valence-electron chi connectivity index (χ0n) is 10.2. The highest BCUT2D eigenvalue weighted by Crippen LogP contribution is 2.20. The van der Waals surface area contributed by atoms with Crippen molar-refractivity contribution in [1.82, 2.24) is 9.55 Å². The van der Waals surface area contributed by atoms with E-state index in [0.717, 1.165) is 5.82 Å². The molecule has 4 nitrogen and oxygen atoms in total. The summed E-state index contributed by atoms with van der Waals surface area (Å²) in [5.74, 6) is 0.466. The Kier molecular flexibility index (Phi) is 3.28. The van der Waals surface area contributed by atoms with Crippen LogP contribution in [0.5, 0.6) is 0 Å². The summed E-state index contributed by atoms with van der Waals surface area (Å²) < 4.78 is 15.4. The number of imidazole rings is 1. The summed E-state index contributed by atoms with van der Waals surface area (Å²) in [6.45, 7) is 2.16. The predicted octanol–water partition coefficient (Wildman–Crippen LogP) is 2.35. The summed E-state index contributed by atoms with van der Waals surface area (Å²) in [5.41, 5.74) is 1.43. The summed E-state index contributed by atoms with van der Waals surface area (Å²) in [6.07, 6.45) is 3.55. The molecule has 0 bridgehead atoms. The molecule has 0 saturated heterocycles. The molecule has 0 fully saturated rings. The first-order valence-electron chi connectivity index (χ1n) is 5.52.